The number of anilines is 6. The van der Waals surface area contributed by atoms with Crippen LogP contribution in [0, 0.1) is 6.92 Å². The Morgan fingerprint density at radius 1 is 0.542 bits per heavy atom. The Morgan fingerprint density at radius 3 is 1.56 bits per heavy atom. The Morgan fingerprint density at radius 2 is 1.04 bits per heavy atom. The number of nitrogens with zero attached hydrogens (tertiary/aromatic N) is 2. The van der Waals surface area contributed by atoms with Crippen LogP contribution >= 0.6 is 0 Å². The van der Waals surface area contributed by atoms with Crippen molar-refractivity contribution in [3.63, 3.8) is 0 Å². The summed E-state index contributed by atoms with van der Waals surface area (Å²) in [5, 5.41) is 0. The van der Waals surface area contributed by atoms with Crippen molar-refractivity contribution in [2.24, 2.45) is 0 Å². The van der Waals surface area contributed by atoms with Crippen LogP contribution in [0.1, 0.15) is 102 Å². The third kappa shape index (κ3) is 5.18. The second-order valence-electron chi connectivity index (χ2n) is 16.6. The Balaban J connectivity index is 1.47. The maximum absolute atomic E-state index is 2.63. The first-order valence-corrected chi connectivity index (χ1v) is 18.2. The lowest BCUT2D eigenvalue weighted by molar-refractivity contribution is 0.444. The predicted octanol–water partition coefficient (Wildman–Crippen LogP) is 10.7. The van der Waals surface area contributed by atoms with Crippen molar-refractivity contribution >= 4 is 57.2 Å². The average Bonchev–Trinajstić information content (AvgIpc) is 3.08. The highest BCUT2D eigenvalue weighted by atomic mass is 15.2. The van der Waals surface area contributed by atoms with Gasteiger partial charge >= 0.3 is 0 Å². The largest absolute Gasteiger partial charge is 0.311 e. The van der Waals surface area contributed by atoms with E-state index in [1.807, 2.05) is 0 Å². The molecule has 1 aliphatic carbocycles. The predicted molar refractivity (Wildman–Crippen MR) is 208 cm³/mol. The van der Waals surface area contributed by atoms with Gasteiger partial charge in [0.15, 0.2) is 0 Å². The molecule has 0 amide bonds. The van der Waals surface area contributed by atoms with Gasteiger partial charge in [-0.2, -0.15) is 0 Å². The summed E-state index contributed by atoms with van der Waals surface area (Å²) in [6, 6.07) is 40.1. The van der Waals surface area contributed by atoms with E-state index in [1.54, 1.807) is 0 Å². The summed E-state index contributed by atoms with van der Waals surface area (Å²) in [6.45, 7) is 16.4. The van der Waals surface area contributed by atoms with E-state index in [1.165, 1.54) is 105 Å². The maximum atomic E-state index is 2.63. The van der Waals surface area contributed by atoms with E-state index in [0.717, 1.165) is 0 Å². The molecule has 2 heterocycles. The lowest BCUT2D eigenvalue weighted by atomic mass is 9.33. The fraction of sp³-hybridized carbons (Fsp3) is 0.333. The molecule has 0 atom stereocenters. The first-order valence-electron chi connectivity index (χ1n) is 18.2. The van der Waals surface area contributed by atoms with Gasteiger partial charge in [0.25, 0.3) is 6.71 Å². The minimum absolute atomic E-state index is 0.0262. The van der Waals surface area contributed by atoms with Gasteiger partial charge in [0.2, 0.25) is 0 Å². The number of benzene rings is 5. The van der Waals surface area contributed by atoms with Crippen LogP contribution in [-0.4, -0.2) is 6.71 Å². The first kappa shape index (κ1) is 31.1. The number of rotatable bonds is 3. The lowest BCUT2D eigenvalue weighted by Gasteiger charge is -2.45. The zero-order valence-electron chi connectivity index (χ0n) is 29.9. The fourth-order valence-corrected chi connectivity index (χ4v) is 8.45. The maximum Gasteiger partial charge on any atom is 0.252 e. The molecule has 2 aliphatic heterocycles. The highest BCUT2D eigenvalue weighted by Crippen LogP contribution is 2.47. The fourth-order valence-electron chi connectivity index (χ4n) is 8.45. The van der Waals surface area contributed by atoms with Crippen LogP contribution in [-0.2, 0) is 10.8 Å². The summed E-state index contributed by atoms with van der Waals surface area (Å²) in [5.41, 5.74) is 17.5. The average molecular weight is 629 g/mol. The van der Waals surface area contributed by atoms with Gasteiger partial charge in [-0.1, -0.05) is 121 Å². The molecule has 3 heteroatoms. The summed E-state index contributed by atoms with van der Waals surface area (Å²) in [6.07, 6.45) is 6.53. The third-order valence-corrected chi connectivity index (χ3v) is 11.2. The quantitative estimate of drug-likeness (QED) is 0.180. The highest BCUT2D eigenvalue weighted by Gasteiger charge is 2.44. The molecule has 8 rings (SSSR count). The van der Waals surface area contributed by atoms with Crippen molar-refractivity contribution in [1.82, 2.24) is 0 Å². The second-order valence-corrected chi connectivity index (χ2v) is 16.6. The normalized spacial score (nSPS) is 16.0. The van der Waals surface area contributed by atoms with E-state index < -0.39 is 0 Å². The smallest absolute Gasteiger partial charge is 0.252 e. The molecule has 0 unspecified atom stereocenters. The molecule has 0 radical (unpaired) electrons. The van der Waals surface area contributed by atoms with Crippen molar-refractivity contribution in [3.05, 3.63) is 125 Å². The molecular formula is C45H49BN2. The van der Waals surface area contributed by atoms with Gasteiger partial charge in [-0.25, -0.2) is 0 Å². The number of hydrogen-bond acceptors (Lipinski definition) is 2. The van der Waals surface area contributed by atoms with Gasteiger partial charge in [0, 0.05) is 34.1 Å². The molecule has 3 aliphatic rings. The molecule has 1 saturated carbocycles. The minimum Gasteiger partial charge on any atom is -0.311 e. The Kier molecular flexibility index (Phi) is 7.40. The van der Waals surface area contributed by atoms with Crippen LogP contribution < -0.4 is 26.2 Å². The van der Waals surface area contributed by atoms with E-state index in [4.69, 9.17) is 0 Å². The Labute approximate surface area is 288 Å². The Bertz CT molecular complexity index is 1970. The lowest BCUT2D eigenvalue weighted by Crippen LogP contribution is -2.61. The van der Waals surface area contributed by atoms with Crippen molar-refractivity contribution in [2.75, 3.05) is 9.80 Å². The zero-order chi connectivity index (χ0) is 33.4. The molecule has 242 valence electrons. The minimum atomic E-state index is 0.0262. The summed E-state index contributed by atoms with van der Waals surface area (Å²) < 4.78 is 0. The molecule has 2 nitrogen and oxygen atoms in total. The van der Waals surface area contributed by atoms with Crippen LogP contribution in [0.2, 0.25) is 0 Å². The molecule has 0 saturated heterocycles. The highest BCUT2D eigenvalue weighted by molar-refractivity contribution is 7.00. The van der Waals surface area contributed by atoms with Gasteiger partial charge in [-0.15, -0.1) is 0 Å². The Hall–Kier alpha value is -4.24. The van der Waals surface area contributed by atoms with Crippen LogP contribution in [0.15, 0.2) is 103 Å². The van der Waals surface area contributed by atoms with Crippen molar-refractivity contribution in [2.45, 2.75) is 97.3 Å². The molecule has 0 bridgehead atoms. The van der Waals surface area contributed by atoms with Crippen LogP contribution in [0.5, 0.6) is 0 Å². The molecule has 1 fully saturated rings. The zero-order valence-corrected chi connectivity index (χ0v) is 29.9. The summed E-state index contributed by atoms with van der Waals surface area (Å²) in [7, 11) is 0. The van der Waals surface area contributed by atoms with E-state index in [2.05, 4.69) is 161 Å². The molecule has 5 aromatic rings. The van der Waals surface area contributed by atoms with Crippen LogP contribution in [0.3, 0.4) is 0 Å². The monoisotopic (exact) mass is 628 g/mol. The summed E-state index contributed by atoms with van der Waals surface area (Å²) >= 11 is 0. The number of aryl methyl sites for hydroxylation is 1. The van der Waals surface area contributed by atoms with Gasteiger partial charge in [0.05, 0.1) is 0 Å². The van der Waals surface area contributed by atoms with Gasteiger partial charge in [-0.05, 0) is 118 Å². The number of fused-ring (bicyclic) bond motifs is 4. The van der Waals surface area contributed by atoms with Gasteiger partial charge < -0.3 is 9.80 Å². The molecular weight excluding hydrogens is 579 g/mol. The van der Waals surface area contributed by atoms with Gasteiger partial charge in [-0.3, -0.25) is 0 Å². The van der Waals surface area contributed by atoms with Crippen LogP contribution in [0.25, 0.3) is 0 Å². The third-order valence-electron chi connectivity index (χ3n) is 11.2. The SMILES string of the molecule is Cc1ccc(N2c3ccccc3B3c4ccccc4N(c4cc(C(C)(C)C)cc(C(C)(C)C)c4)c4cc(C5CCCCC5)cc2c43)cc1. The van der Waals surface area contributed by atoms with Crippen molar-refractivity contribution in [1.29, 1.82) is 0 Å². The van der Waals surface area contributed by atoms with Gasteiger partial charge in [0.1, 0.15) is 0 Å². The molecule has 48 heavy (non-hydrogen) atoms. The van der Waals surface area contributed by atoms with E-state index >= 15 is 0 Å². The van der Waals surface area contributed by atoms with Crippen molar-refractivity contribution < 1.29 is 0 Å². The standard InChI is InChI=1S/C45H49BN2/c1-30-21-23-35(24-22-30)47-39-19-13-11-17-37(39)46-38-18-12-14-20-40(38)48(36-28-33(44(2,3)4)27-34(29-36)45(5,6)7)42-26-32(25-41(47)43(42)46)31-15-9-8-10-16-31/h11-14,17-29,31H,8-10,15-16H2,1-7H3. The molecule has 5 aromatic carbocycles. The first-order chi connectivity index (χ1) is 23.0. The molecule has 0 spiro atoms. The number of para-hydroxylation sites is 2. The number of hydrogen-bond donors (Lipinski definition) is 0. The molecule has 0 N–H and O–H groups in total. The summed E-state index contributed by atoms with van der Waals surface area (Å²) in [4.78, 5) is 5.19. The van der Waals surface area contributed by atoms with E-state index in [-0.39, 0.29) is 17.5 Å². The topological polar surface area (TPSA) is 6.48 Å². The van der Waals surface area contributed by atoms with Crippen LogP contribution in [0.4, 0.5) is 34.1 Å². The van der Waals surface area contributed by atoms with Crippen molar-refractivity contribution in [3.8, 4) is 0 Å². The van der Waals surface area contributed by atoms with E-state index in [9.17, 15) is 0 Å². The second kappa shape index (κ2) is 11.4. The van der Waals surface area contributed by atoms with E-state index in [0.29, 0.717) is 5.92 Å². The summed E-state index contributed by atoms with van der Waals surface area (Å²) in [5.74, 6) is 0.584. The molecule has 0 aromatic heterocycles.